The lowest BCUT2D eigenvalue weighted by molar-refractivity contribution is 0.0589. The van der Waals surface area contributed by atoms with Crippen LogP contribution in [0.1, 0.15) is 16.1 Å². The van der Waals surface area contributed by atoms with Gasteiger partial charge < -0.3 is 19.8 Å². The predicted molar refractivity (Wildman–Crippen MR) is 77.3 cm³/mol. The molecule has 2 N–H and O–H groups in total. The van der Waals surface area contributed by atoms with Crippen molar-refractivity contribution in [1.82, 2.24) is 4.57 Å². The van der Waals surface area contributed by atoms with E-state index in [4.69, 9.17) is 26.8 Å². The van der Waals surface area contributed by atoms with Gasteiger partial charge in [-0.3, -0.25) is 0 Å². The Morgan fingerprint density at radius 1 is 1.35 bits per heavy atom. The molecule has 2 aromatic rings. The summed E-state index contributed by atoms with van der Waals surface area (Å²) in [5, 5.41) is 0.598. The third kappa shape index (κ3) is 2.88. The van der Waals surface area contributed by atoms with E-state index in [1.54, 1.807) is 42.1 Å². The monoisotopic (exact) mass is 294 g/mol. The van der Waals surface area contributed by atoms with Gasteiger partial charge in [0.15, 0.2) is 0 Å². The smallest absolute Gasteiger partial charge is 0.354 e. The lowest BCUT2D eigenvalue weighted by Gasteiger charge is -2.11. The van der Waals surface area contributed by atoms with E-state index in [2.05, 4.69) is 0 Å². The molecule has 20 heavy (non-hydrogen) atoms. The van der Waals surface area contributed by atoms with Gasteiger partial charge in [0, 0.05) is 16.8 Å². The lowest BCUT2D eigenvalue weighted by Crippen LogP contribution is -2.11. The summed E-state index contributed by atoms with van der Waals surface area (Å²) in [6.45, 7) is 0.408. The summed E-state index contributed by atoms with van der Waals surface area (Å²) in [7, 11) is 2.91. The molecule has 0 saturated heterocycles. The van der Waals surface area contributed by atoms with E-state index in [9.17, 15) is 4.79 Å². The summed E-state index contributed by atoms with van der Waals surface area (Å²) < 4.78 is 11.7. The number of halogens is 1. The number of nitrogens with two attached hydrogens (primary N) is 1. The molecule has 0 radical (unpaired) electrons. The van der Waals surface area contributed by atoms with E-state index in [-0.39, 0.29) is 0 Å². The zero-order chi connectivity index (χ0) is 14.7. The van der Waals surface area contributed by atoms with Gasteiger partial charge in [-0.05, 0) is 24.3 Å². The first-order valence-corrected chi connectivity index (χ1v) is 6.29. The van der Waals surface area contributed by atoms with E-state index >= 15 is 0 Å². The number of hydrogen-bond acceptors (Lipinski definition) is 4. The van der Waals surface area contributed by atoms with E-state index in [0.29, 0.717) is 28.7 Å². The maximum absolute atomic E-state index is 11.7. The number of nitrogen functional groups attached to an aromatic ring is 1. The van der Waals surface area contributed by atoms with Crippen molar-refractivity contribution in [1.29, 1.82) is 0 Å². The van der Waals surface area contributed by atoms with Gasteiger partial charge in [-0.15, -0.1) is 0 Å². The molecular formula is C14H15ClN2O3. The third-order valence-corrected chi connectivity index (χ3v) is 3.13. The highest BCUT2D eigenvalue weighted by Gasteiger charge is 2.15. The number of carbonyl (C=O) groups excluding carboxylic acids is 1. The van der Waals surface area contributed by atoms with Crippen LogP contribution in [0.2, 0.25) is 5.02 Å². The lowest BCUT2D eigenvalue weighted by atomic mass is 10.2. The quantitative estimate of drug-likeness (QED) is 0.880. The van der Waals surface area contributed by atoms with Crippen LogP contribution in [-0.2, 0) is 11.3 Å². The van der Waals surface area contributed by atoms with Crippen LogP contribution in [0.5, 0.6) is 5.75 Å². The minimum absolute atomic E-state index is 0.382. The SMILES string of the molecule is COC(=O)c1cc(N)cn1Cc1cc(Cl)ccc1OC. The summed E-state index contributed by atoms with van der Waals surface area (Å²) in [5.41, 5.74) is 7.46. The minimum atomic E-state index is -0.442. The molecule has 0 aliphatic heterocycles. The first kappa shape index (κ1) is 14.3. The van der Waals surface area contributed by atoms with Crippen molar-refractivity contribution < 1.29 is 14.3 Å². The molecule has 0 atom stereocenters. The highest BCUT2D eigenvalue weighted by Crippen LogP contribution is 2.25. The van der Waals surface area contributed by atoms with Gasteiger partial charge in [-0.2, -0.15) is 0 Å². The van der Waals surface area contributed by atoms with Crippen LogP contribution in [0.4, 0.5) is 5.69 Å². The molecular weight excluding hydrogens is 280 g/mol. The highest BCUT2D eigenvalue weighted by atomic mass is 35.5. The molecule has 0 aliphatic rings. The number of anilines is 1. The molecule has 0 unspecified atom stereocenters. The third-order valence-electron chi connectivity index (χ3n) is 2.90. The molecule has 106 valence electrons. The van der Waals surface area contributed by atoms with Crippen molar-refractivity contribution in [2.45, 2.75) is 6.54 Å². The molecule has 0 amide bonds. The van der Waals surface area contributed by atoms with Gasteiger partial charge in [-0.1, -0.05) is 11.6 Å². The van der Waals surface area contributed by atoms with E-state index < -0.39 is 5.97 Å². The van der Waals surface area contributed by atoms with Crippen molar-refractivity contribution in [3.63, 3.8) is 0 Å². The molecule has 0 saturated carbocycles. The van der Waals surface area contributed by atoms with Gasteiger partial charge in [0.05, 0.1) is 26.5 Å². The average molecular weight is 295 g/mol. The summed E-state index contributed by atoms with van der Waals surface area (Å²) in [6, 6.07) is 6.89. The summed E-state index contributed by atoms with van der Waals surface area (Å²) in [5.74, 6) is 0.250. The van der Waals surface area contributed by atoms with E-state index in [1.165, 1.54) is 7.11 Å². The number of ether oxygens (including phenoxy) is 2. The molecule has 6 heteroatoms. The van der Waals surface area contributed by atoms with Crippen molar-refractivity contribution in [2.24, 2.45) is 0 Å². The van der Waals surface area contributed by atoms with Gasteiger partial charge in [0.1, 0.15) is 11.4 Å². The Labute approximate surface area is 121 Å². The molecule has 0 aliphatic carbocycles. The molecule has 5 nitrogen and oxygen atoms in total. The Balaban J connectivity index is 2.39. The molecule has 1 aromatic heterocycles. The Morgan fingerprint density at radius 3 is 2.75 bits per heavy atom. The van der Waals surface area contributed by atoms with Crippen molar-refractivity contribution in [2.75, 3.05) is 20.0 Å². The maximum Gasteiger partial charge on any atom is 0.354 e. The van der Waals surface area contributed by atoms with E-state index in [0.717, 1.165) is 5.56 Å². The molecule has 1 aromatic carbocycles. The van der Waals surface area contributed by atoms with Crippen LogP contribution in [0.3, 0.4) is 0 Å². The average Bonchev–Trinajstić information content (AvgIpc) is 2.79. The topological polar surface area (TPSA) is 66.5 Å². The van der Waals surface area contributed by atoms with Crippen LogP contribution in [0.15, 0.2) is 30.5 Å². The first-order valence-electron chi connectivity index (χ1n) is 5.91. The molecule has 1 heterocycles. The number of aromatic nitrogens is 1. The van der Waals surface area contributed by atoms with Crippen molar-refractivity contribution >= 4 is 23.3 Å². The molecule has 0 fully saturated rings. The van der Waals surface area contributed by atoms with Crippen molar-refractivity contribution in [3.8, 4) is 5.75 Å². The van der Waals surface area contributed by atoms with Crippen LogP contribution in [0, 0.1) is 0 Å². The van der Waals surface area contributed by atoms with E-state index in [1.807, 2.05) is 0 Å². The van der Waals surface area contributed by atoms with Crippen LogP contribution >= 0.6 is 11.6 Å². The second-order valence-electron chi connectivity index (χ2n) is 4.23. The zero-order valence-electron chi connectivity index (χ0n) is 11.2. The number of carbonyl (C=O) groups is 1. The Morgan fingerprint density at radius 2 is 2.10 bits per heavy atom. The number of hydrogen-bond donors (Lipinski definition) is 1. The summed E-state index contributed by atoms with van der Waals surface area (Å²) >= 11 is 5.99. The number of methoxy groups -OCH3 is 2. The normalized spacial score (nSPS) is 10.3. The second-order valence-corrected chi connectivity index (χ2v) is 4.67. The first-order chi connectivity index (χ1) is 9.55. The minimum Gasteiger partial charge on any atom is -0.496 e. The largest absolute Gasteiger partial charge is 0.496 e. The predicted octanol–water partition coefficient (Wildman–Crippen LogP) is 2.57. The maximum atomic E-state index is 11.7. The van der Waals surface area contributed by atoms with Crippen LogP contribution in [0.25, 0.3) is 0 Å². The van der Waals surface area contributed by atoms with Gasteiger partial charge in [0.2, 0.25) is 0 Å². The Hall–Kier alpha value is -2.14. The van der Waals surface area contributed by atoms with Crippen LogP contribution < -0.4 is 10.5 Å². The molecule has 2 rings (SSSR count). The fourth-order valence-corrected chi connectivity index (χ4v) is 2.19. The fourth-order valence-electron chi connectivity index (χ4n) is 1.99. The number of esters is 1. The van der Waals surface area contributed by atoms with Gasteiger partial charge in [0.25, 0.3) is 0 Å². The Bertz CT molecular complexity index is 637. The molecule has 0 bridgehead atoms. The Kier molecular flexibility index (Phi) is 4.20. The summed E-state index contributed by atoms with van der Waals surface area (Å²) in [4.78, 5) is 11.7. The van der Waals surface area contributed by atoms with Gasteiger partial charge >= 0.3 is 5.97 Å². The molecule has 0 spiro atoms. The van der Waals surface area contributed by atoms with Crippen molar-refractivity contribution in [3.05, 3.63) is 46.7 Å². The second kappa shape index (κ2) is 5.88. The number of benzene rings is 1. The fraction of sp³-hybridized carbons (Fsp3) is 0.214. The number of nitrogens with zero attached hydrogens (tertiary/aromatic N) is 1. The summed E-state index contributed by atoms with van der Waals surface area (Å²) in [6.07, 6.45) is 1.67. The number of rotatable bonds is 4. The highest BCUT2D eigenvalue weighted by molar-refractivity contribution is 6.30. The van der Waals surface area contributed by atoms with Gasteiger partial charge in [-0.25, -0.2) is 4.79 Å². The standard InChI is InChI=1S/C14H15ClN2O3/c1-19-13-4-3-10(15)5-9(13)7-17-8-11(16)6-12(17)14(18)20-2/h3-6,8H,7,16H2,1-2H3. The zero-order valence-corrected chi connectivity index (χ0v) is 12.0. The van der Waals surface area contributed by atoms with Crippen LogP contribution in [-0.4, -0.2) is 24.8 Å².